The van der Waals surface area contributed by atoms with Crippen LogP contribution in [0.4, 0.5) is 0 Å². The van der Waals surface area contributed by atoms with Gasteiger partial charge in [0.25, 0.3) is 0 Å². The van der Waals surface area contributed by atoms with Crippen LogP contribution < -0.4 is 10.6 Å². The highest BCUT2D eigenvalue weighted by atomic mass is 16.2. The van der Waals surface area contributed by atoms with E-state index in [-0.39, 0.29) is 47.8 Å². The van der Waals surface area contributed by atoms with Gasteiger partial charge in [-0.25, -0.2) is 9.97 Å². The van der Waals surface area contributed by atoms with E-state index in [1.54, 1.807) is 0 Å². The van der Waals surface area contributed by atoms with E-state index < -0.39 is 0 Å². The lowest BCUT2D eigenvalue weighted by molar-refractivity contribution is -0.136. The number of likely N-dealkylation sites (N-methyl/N-ethyl adjacent to an activating group) is 2. The molecule has 50 heavy (non-hydrogen) atoms. The first-order valence-electron chi connectivity index (χ1n) is 18.5. The van der Waals surface area contributed by atoms with Gasteiger partial charge in [-0.05, 0) is 73.9 Å². The molecule has 0 saturated carbocycles. The number of aromatic amines is 2. The number of rotatable bonds is 13. The number of nitrogens with zero attached hydrogens (tertiary/aromatic N) is 4. The zero-order valence-electron chi connectivity index (χ0n) is 30.5. The Balaban J connectivity index is 1.11. The van der Waals surface area contributed by atoms with Crippen molar-refractivity contribution < 1.29 is 9.59 Å². The maximum atomic E-state index is 13.5. The Morgan fingerprint density at radius 2 is 1.04 bits per heavy atom. The molecule has 2 aliphatic rings. The molecule has 2 aromatic heterocycles. The van der Waals surface area contributed by atoms with Crippen LogP contribution in [0.15, 0.2) is 60.9 Å². The predicted molar refractivity (Wildman–Crippen MR) is 199 cm³/mol. The quantitative estimate of drug-likeness (QED) is 0.124. The average molecular weight is 679 g/mol. The lowest BCUT2D eigenvalue weighted by atomic mass is 9.97. The summed E-state index contributed by atoms with van der Waals surface area (Å²) in [5.41, 5.74) is 6.27. The van der Waals surface area contributed by atoms with Crippen LogP contribution in [0, 0.1) is 11.8 Å². The summed E-state index contributed by atoms with van der Waals surface area (Å²) in [4.78, 5) is 47.5. The van der Waals surface area contributed by atoms with Crippen LogP contribution >= 0.6 is 0 Å². The smallest absolute Gasteiger partial charge is 0.240 e. The maximum Gasteiger partial charge on any atom is 0.240 e. The number of carbonyl (C=O) groups is 2. The number of carbonyl (C=O) groups excluding carboxylic acids is 2. The Hall–Kier alpha value is -4.28. The fourth-order valence-corrected chi connectivity index (χ4v) is 7.75. The van der Waals surface area contributed by atoms with Gasteiger partial charge in [0.2, 0.25) is 11.8 Å². The second-order valence-electron chi connectivity index (χ2n) is 14.2. The lowest BCUT2D eigenvalue weighted by Gasteiger charge is -2.30. The standard InChI is InChI=1S/C40H54N8O2/c1-7-25(3)35(41-5)39(49)47-21-9-11-33(47)37-43-23-31(45-37)29-17-13-27(14-18-29)28-15-19-30(20-16-28)32-24-44-38(46-32)34-12-10-22-48(34)40(50)36(42-6)26(4)8-2/h13-20,23-26,33-36,41-42H,7-12,21-22H2,1-6H3,(H,43,45)(H,44,46)/t25-,26-,33+,34?,35+,36+/m1/s1. The highest BCUT2D eigenvalue weighted by Gasteiger charge is 2.38. The van der Waals surface area contributed by atoms with Crippen molar-refractivity contribution >= 4 is 11.8 Å². The molecule has 0 bridgehead atoms. The van der Waals surface area contributed by atoms with E-state index in [2.05, 4.69) is 96.8 Å². The summed E-state index contributed by atoms with van der Waals surface area (Å²) in [5, 5.41) is 6.50. The van der Waals surface area contributed by atoms with Gasteiger partial charge < -0.3 is 30.4 Å². The second-order valence-corrected chi connectivity index (χ2v) is 14.2. The molecule has 266 valence electrons. The summed E-state index contributed by atoms with van der Waals surface area (Å²) in [5.74, 6) is 2.58. The molecule has 10 heteroatoms. The van der Waals surface area contributed by atoms with Gasteiger partial charge >= 0.3 is 0 Å². The number of H-pyrrole nitrogens is 2. The fraction of sp³-hybridized carbons (Fsp3) is 0.500. The summed E-state index contributed by atoms with van der Waals surface area (Å²) < 4.78 is 0. The Kier molecular flexibility index (Phi) is 11.2. The van der Waals surface area contributed by atoms with E-state index in [4.69, 9.17) is 9.97 Å². The molecular formula is C40H54N8O2. The number of hydrogen-bond donors (Lipinski definition) is 4. The van der Waals surface area contributed by atoms with Crippen LogP contribution in [0.3, 0.4) is 0 Å². The van der Waals surface area contributed by atoms with Gasteiger partial charge in [0, 0.05) is 13.1 Å². The lowest BCUT2D eigenvalue weighted by Crippen LogP contribution is -2.48. The molecule has 1 unspecified atom stereocenters. The molecular weight excluding hydrogens is 624 g/mol. The van der Waals surface area contributed by atoms with Crippen LogP contribution in [0.1, 0.15) is 90.0 Å². The van der Waals surface area contributed by atoms with Gasteiger partial charge in [-0.3, -0.25) is 9.59 Å². The van der Waals surface area contributed by atoms with Crippen molar-refractivity contribution in [1.82, 2.24) is 40.4 Å². The van der Waals surface area contributed by atoms with E-state index in [1.807, 2.05) is 36.3 Å². The van der Waals surface area contributed by atoms with E-state index in [0.29, 0.717) is 0 Å². The Labute approximate surface area is 296 Å². The fourth-order valence-electron chi connectivity index (χ4n) is 7.75. The Bertz CT molecular complexity index is 1600. The first-order valence-corrected chi connectivity index (χ1v) is 18.5. The second kappa shape index (κ2) is 15.7. The third-order valence-electron chi connectivity index (χ3n) is 11.2. The molecule has 10 nitrogen and oxygen atoms in total. The van der Waals surface area contributed by atoms with Gasteiger partial charge in [-0.15, -0.1) is 0 Å². The monoisotopic (exact) mass is 678 g/mol. The van der Waals surface area contributed by atoms with Crippen LogP contribution in [0.5, 0.6) is 0 Å². The first-order chi connectivity index (χ1) is 24.3. The summed E-state index contributed by atoms with van der Waals surface area (Å²) in [7, 11) is 3.75. The molecule has 4 aromatic rings. The molecule has 6 rings (SSSR count). The number of benzene rings is 2. The minimum absolute atomic E-state index is 0.0279. The minimum Gasteiger partial charge on any atom is -0.340 e. The number of amides is 2. The van der Waals surface area contributed by atoms with Crippen LogP contribution in [-0.4, -0.2) is 80.8 Å². The summed E-state index contributed by atoms with van der Waals surface area (Å²) >= 11 is 0. The van der Waals surface area contributed by atoms with Crippen molar-refractivity contribution in [3.05, 3.63) is 72.6 Å². The van der Waals surface area contributed by atoms with Gasteiger partial charge in [0.1, 0.15) is 11.6 Å². The van der Waals surface area contributed by atoms with Crippen LogP contribution in [0.25, 0.3) is 33.6 Å². The largest absolute Gasteiger partial charge is 0.340 e. The van der Waals surface area contributed by atoms with Crippen molar-refractivity contribution in [2.24, 2.45) is 11.8 Å². The summed E-state index contributed by atoms with van der Waals surface area (Å²) in [6, 6.07) is 16.6. The molecule has 0 radical (unpaired) electrons. The van der Waals surface area contributed by atoms with Crippen LogP contribution in [-0.2, 0) is 9.59 Å². The highest BCUT2D eigenvalue weighted by Crippen LogP contribution is 2.35. The molecule has 2 fully saturated rings. The molecule has 4 heterocycles. The molecule has 4 N–H and O–H groups in total. The predicted octanol–water partition coefficient (Wildman–Crippen LogP) is 6.73. The summed E-state index contributed by atoms with van der Waals surface area (Å²) in [6.07, 6.45) is 9.46. The molecule has 2 amide bonds. The molecule has 0 spiro atoms. The van der Waals surface area contributed by atoms with Gasteiger partial charge in [0.15, 0.2) is 0 Å². The van der Waals surface area contributed by atoms with Crippen molar-refractivity contribution in [2.75, 3.05) is 27.2 Å². The number of nitrogens with one attached hydrogen (secondary N) is 4. The van der Waals surface area contributed by atoms with Crippen molar-refractivity contribution in [3.8, 4) is 33.6 Å². The SMILES string of the molecule is CC[C@@H](C)[C@H](NC)C(=O)N1CCCC1c1ncc(-c2ccc(-c3ccc(-c4cnc([C@@H]5CCCN5C(=O)[C@@H](NC)[C@H](C)CC)[nH]4)cc3)cc2)[nH]1. The van der Waals surface area contributed by atoms with Gasteiger partial charge in [-0.1, -0.05) is 89.1 Å². The normalized spacial score (nSPS) is 20.2. The minimum atomic E-state index is -0.181. The number of hydrogen-bond acceptors (Lipinski definition) is 6. The van der Waals surface area contributed by atoms with E-state index in [9.17, 15) is 9.59 Å². The molecule has 2 aromatic carbocycles. The van der Waals surface area contributed by atoms with E-state index >= 15 is 0 Å². The molecule has 0 aliphatic carbocycles. The van der Waals surface area contributed by atoms with Crippen molar-refractivity contribution in [1.29, 1.82) is 0 Å². The van der Waals surface area contributed by atoms with Gasteiger partial charge in [0.05, 0.1) is 47.9 Å². The van der Waals surface area contributed by atoms with E-state index in [1.165, 1.54) is 0 Å². The first kappa shape index (κ1) is 35.5. The van der Waals surface area contributed by atoms with Crippen molar-refractivity contribution in [2.45, 2.75) is 90.4 Å². The Morgan fingerprint density at radius 1 is 0.680 bits per heavy atom. The zero-order chi connectivity index (χ0) is 35.4. The van der Waals surface area contributed by atoms with E-state index in [0.717, 1.165) is 96.9 Å². The number of likely N-dealkylation sites (tertiary alicyclic amines) is 2. The Morgan fingerprint density at radius 3 is 1.38 bits per heavy atom. The van der Waals surface area contributed by atoms with Gasteiger partial charge in [-0.2, -0.15) is 0 Å². The zero-order valence-corrected chi connectivity index (χ0v) is 30.5. The average Bonchev–Trinajstić information content (AvgIpc) is 3.98. The van der Waals surface area contributed by atoms with Crippen molar-refractivity contribution in [3.63, 3.8) is 0 Å². The van der Waals surface area contributed by atoms with Crippen LogP contribution in [0.2, 0.25) is 0 Å². The topological polar surface area (TPSA) is 122 Å². The highest BCUT2D eigenvalue weighted by molar-refractivity contribution is 5.83. The third-order valence-corrected chi connectivity index (χ3v) is 11.2. The summed E-state index contributed by atoms with van der Waals surface area (Å²) in [6.45, 7) is 10.0. The molecule has 6 atom stereocenters. The number of imidazole rings is 2. The molecule has 2 aliphatic heterocycles. The molecule has 2 saturated heterocycles. The number of aromatic nitrogens is 4. The maximum absolute atomic E-state index is 13.5. The third kappa shape index (κ3) is 7.14.